The molecule has 5 nitrogen and oxygen atoms in total. The smallest absolute Gasteiger partial charge is 0.254 e. The summed E-state index contributed by atoms with van der Waals surface area (Å²) in [6.45, 7) is 6.31. The molecule has 0 unspecified atom stereocenters. The molecule has 2 aliphatic rings. The van der Waals surface area contributed by atoms with Crippen LogP contribution in [0, 0.1) is 6.92 Å². The Bertz CT molecular complexity index is 1100. The highest BCUT2D eigenvalue weighted by atomic mass is 16.5. The molecule has 1 heterocycles. The molecule has 31 heavy (non-hydrogen) atoms. The highest BCUT2D eigenvalue weighted by molar-refractivity contribution is 6.10. The van der Waals surface area contributed by atoms with E-state index in [1.807, 2.05) is 69.3 Å². The molecule has 0 bridgehead atoms. The molecule has 5 heteroatoms. The first-order chi connectivity index (χ1) is 15.0. The zero-order valence-corrected chi connectivity index (χ0v) is 18.2. The quantitative estimate of drug-likeness (QED) is 0.720. The first-order valence-electron chi connectivity index (χ1n) is 10.8. The lowest BCUT2D eigenvalue weighted by Gasteiger charge is -2.35. The number of Topliss-reactive ketones (excluding diaryl/α,β-unsaturated/α-hetero) is 1. The fourth-order valence-corrected chi connectivity index (χ4v) is 4.50. The lowest BCUT2D eigenvalue weighted by atomic mass is 9.74. The van der Waals surface area contributed by atoms with Gasteiger partial charge in [-0.05, 0) is 51.3 Å². The number of rotatable bonds is 5. The van der Waals surface area contributed by atoms with Crippen molar-refractivity contribution in [3.8, 4) is 5.75 Å². The summed E-state index contributed by atoms with van der Waals surface area (Å²) in [5.74, 6) is 0.131. The minimum Gasteiger partial charge on any atom is -0.494 e. The van der Waals surface area contributed by atoms with Gasteiger partial charge in [-0.25, -0.2) is 0 Å². The van der Waals surface area contributed by atoms with Gasteiger partial charge < -0.3 is 15.4 Å². The summed E-state index contributed by atoms with van der Waals surface area (Å²) >= 11 is 0. The Labute approximate surface area is 183 Å². The third-order valence-electron chi connectivity index (χ3n) is 5.94. The first kappa shape index (κ1) is 20.9. The van der Waals surface area contributed by atoms with Crippen LogP contribution in [0.1, 0.15) is 50.2 Å². The number of benzene rings is 2. The number of anilines is 1. The number of ketones is 1. The van der Waals surface area contributed by atoms with Crippen molar-refractivity contribution in [3.63, 3.8) is 0 Å². The van der Waals surface area contributed by atoms with Crippen molar-refractivity contribution in [3.05, 3.63) is 82.2 Å². The van der Waals surface area contributed by atoms with E-state index in [4.69, 9.17) is 4.74 Å². The Morgan fingerprint density at radius 2 is 1.84 bits per heavy atom. The highest BCUT2D eigenvalue weighted by Crippen LogP contribution is 2.45. The van der Waals surface area contributed by atoms with Gasteiger partial charge >= 0.3 is 0 Å². The van der Waals surface area contributed by atoms with Crippen LogP contribution >= 0.6 is 0 Å². The average Bonchev–Trinajstić information content (AvgIpc) is 2.75. The number of aryl methyl sites for hydroxylation is 1. The van der Waals surface area contributed by atoms with Gasteiger partial charge in [0.1, 0.15) is 5.75 Å². The summed E-state index contributed by atoms with van der Waals surface area (Å²) in [6, 6.07) is 15.4. The number of carbonyl (C=O) groups is 2. The van der Waals surface area contributed by atoms with Crippen molar-refractivity contribution < 1.29 is 14.3 Å². The second kappa shape index (κ2) is 8.80. The molecule has 0 radical (unpaired) electrons. The number of para-hydroxylation sites is 2. The monoisotopic (exact) mass is 416 g/mol. The summed E-state index contributed by atoms with van der Waals surface area (Å²) in [7, 11) is 0. The number of hydrogen-bond acceptors (Lipinski definition) is 4. The SMILES string of the molecule is CCOc1ccccc1[C@H]1C(C(=O)Nc2ccccc2C)=C(C)NC2=C1C(=O)CCC2. The van der Waals surface area contributed by atoms with Gasteiger partial charge in [-0.15, -0.1) is 0 Å². The molecule has 0 spiro atoms. The molecule has 0 saturated carbocycles. The van der Waals surface area contributed by atoms with Crippen molar-refractivity contribution >= 4 is 17.4 Å². The van der Waals surface area contributed by atoms with Crippen LogP contribution in [0.4, 0.5) is 5.69 Å². The number of hydrogen-bond donors (Lipinski definition) is 2. The minimum absolute atomic E-state index is 0.0961. The van der Waals surface area contributed by atoms with Crippen LogP contribution in [-0.2, 0) is 9.59 Å². The summed E-state index contributed by atoms with van der Waals surface area (Å²) in [6.07, 6.45) is 2.13. The Morgan fingerprint density at radius 1 is 1.10 bits per heavy atom. The first-order valence-corrected chi connectivity index (χ1v) is 10.8. The largest absolute Gasteiger partial charge is 0.494 e. The molecule has 0 fully saturated rings. The normalized spacial score (nSPS) is 18.4. The Hall–Kier alpha value is -3.34. The molecule has 0 aromatic heterocycles. The molecule has 0 saturated heterocycles. The molecule has 1 aliphatic carbocycles. The fourth-order valence-electron chi connectivity index (χ4n) is 4.50. The molecule has 2 N–H and O–H groups in total. The average molecular weight is 417 g/mol. The summed E-state index contributed by atoms with van der Waals surface area (Å²) in [5, 5.41) is 6.43. The highest BCUT2D eigenvalue weighted by Gasteiger charge is 2.39. The summed E-state index contributed by atoms with van der Waals surface area (Å²) in [4.78, 5) is 26.7. The number of allylic oxidation sites excluding steroid dienone is 3. The van der Waals surface area contributed by atoms with Crippen LogP contribution in [0.5, 0.6) is 5.75 Å². The van der Waals surface area contributed by atoms with Gasteiger partial charge in [0.2, 0.25) is 0 Å². The van der Waals surface area contributed by atoms with Gasteiger partial charge in [0.05, 0.1) is 12.5 Å². The second-order valence-corrected chi connectivity index (χ2v) is 8.01. The molecule has 1 aliphatic heterocycles. The van der Waals surface area contributed by atoms with E-state index in [0.29, 0.717) is 29.9 Å². The maximum absolute atomic E-state index is 13.6. The van der Waals surface area contributed by atoms with Crippen molar-refractivity contribution in [1.29, 1.82) is 0 Å². The van der Waals surface area contributed by atoms with E-state index in [1.54, 1.807) is 0 Å². The second-order valence-electron chi connectivity index (χ2n) is 8.01. The lowest BCUT2D eigenvalue weighted by Crippen LogP contribution is -2.35. The zero-order valence-electron chi connectivity index (χ0n) is 18.2. The van der Waals surface area contributed by atoms with Crippen LogP contribution in [0.2, 0.25) is 0 Å². The van der Waals surface area contributed by atoms with Gasteiger partial charge in [0.25, 0.3) is 5.91 Å². The molecule has 1 amide bonds. The maximum Gasteiger partial charge on any atom is 0.254 e. The molecule has 2 aromatic carbocycles. The fraction of sp³-hybridized carbons (Fsp3) is 0.308. The Kier molecular flexibility index (Phi) is 5.94. The lowest BCUT2D eigenvalue weighted by molar-refractivity contribution is -0.116. The minimum atomic E-state index is -0.462. The van der Waals surface area contributed by atoms with Gasteiger partial charge in [-0.3, -0.25) is 9.59 Å². The van der Waals surface area contributed by atoms with Gasteiger partial charge in [-0.2, -0.15) is 0 Å². The third kappa shape index (κ3) is 4.00. The van der Waals surface area contributed by atoms with Crippen LogP contribution in [0.3, 0.4) is 0 Å². The van der Waals surface area contributed by atoms with Crippen molar-refractivity contribution in [2.24, 2.45) is 0 Å². The molecule has 160 valence electrons. The van der Waals surface area contributed by atoms with Gasteiger partial charge in [-0.1, -0.05) is 36.4 Å². The molecule has 4 rings (SSSR count). The van der Waals surface area contributed by atoms with Crippen molar-refractivity contribution in [1.82, 2.24) is 5.32 Å². The van der Waals surface area contributed by atoms with E-state index >= 15 is 0 Å². The predicted octanol–water partition coefficient (Wildman–Crippen LogP) is 5.00. The molecule has 2 aromatic rings. The summed E-state index contributed by atoms with van der Waals surface area (Å²) in [5.41, 5.74) is 5.55. The van der Waals surface area contributed by atoms with Crippen LogP contribution < -0.4 is 15.4 Å². The van der Waals surface area contributed by atoms with E-state index in [2.05, 4.69) is 10.6 Å². The third-order valence-corrected chi connectivity index (χ3v) is 5.94. The van der Waals surface area contributed by atoms with Crippen molar-refractivity contribution in [2.75, 3.05) is 11.9 Å². The molecular formula is C26H28N2O3. The van der Waals surface area contributed by atoms with Gasteiger partial charge in [0.15, 0.2) is 5.78 Å². The zero-order chi connectivity index (χ0) is 22.0. The topological polar surface area (TPSA) is 67.4 Å². The Balaban J connectivity index is 1.83. The van der Waals surface area contributed by atoms with E-state index < -0.39 is 5.92 Å². The number of carbonyl (C=O) groups excluding carboxylic acids is 2. The van der Waals surface area contributed by atoms with Crippen LogP contribution in [0.15, 0.2) is 71.1 Å². The number of amides is 1. The number of nitrogens with one attached hydrogen (secondary N) is 2. The van der Waals surface area contributed by atoms with E-state index in [9.17, 15) is 9.59 Å². The number of ether oxygens (including phenoxy) is 1. The Morgan fingerprint density at radius 3 is 2.61 bits per heavy atom. The van der Waals surface area contributed by atoms with E-state index in [-0.39, 0.29) is 11.7 Å². The van der Waals surface area contributed by atoms with Crippen LogP contribution in [-0.4, -0.2) is 18.3 Å². The van der Waals surface area contributed by atoms with E-state index in [1.165, 1.54) is 0 Å². The molecular weight excluding hydrogens is 388 g/mol. The van der Waals surface area contributed by atoms with Crippen molar-refractivity contribution in [2.45, 2.75) is 46.0 Å². The summed E-state index contributed by atoms with van der Waals surface area (Å²) < 4.78 is 5.90. The van der Waals surface area contributed by atoms with Crippen LogP contribution in [0.25, 0.3) is 0 Å². The van der Waals surface area contributed by atoms with Gasteiger partial charge in [0, 0.05) is 40.2 Å². The predicted molar refractivity (Wildman–Crippen MR) is 122 cm³/mol. The maximum atomic E-state index is 13.6. The van der Waals surface area contributed by atoms with E-state index in [0.717, 1.165) is 41.1 Å². The standard InChI is InChI=1S/C26H28N2O3/c1-4-31-22-15-8-6-11-18(22)24-23(26(30)28-19-12-7-5-10-16(19)2)17(3)27-20-13-9-14-21(29)25(20)24/h5-8,10-12,15,24,27H,4,9,13-14H2,1-3H3,(H,28,30)/t24-/m0/s1. The molecule has 1 atom stereocenters. The number of dihydropyridines is 1.